The molecule has 0 bridgehead atoms. The van der Waals surface area contributed by atoms with E-state index in [-0.39, 0.29) is 5.91 Å². The second-order valence-corrected chi connectivity index (χ2v) is 9.08. The van der Waals surface area contributed by atoms with Gasteiger partial charge in [-0.1, -0.05) is 36.8 Å². The van der Waals surface area contributed by atoms with Crippen molar-refractivity contribution in [2.45, 2.75) is 56.1 Å². The molecule has 2 amide bonds. The number of amides is 2. The largest absolute Gasteiger partial charge is 0.433 e. The molecule has 0 atom stereocenters. The lowest BCUT2D eigenvalue weighted by Gasteiger charge is -2.40. The first-order valence-electron chi connectivity index (χ1n) is 11.3. The number of nitrogens with one attached hydrogen (secondary N) is 2. The first-order valence-corrected chi connectivity index (χ1v) is 11.3. The lowest BCUT2D eigenvalue weighted by atomic mass is 9.81. The molecule has 4 rings (SSSR count). The smallest absolute Gasteiger partial charge is 0.412 e. The summed E-state index contributed by atoms with van der Waals surface area (Å²) >= 11 is 0. The minimum Gasteiger partial charge on any atom is -0.433 e. The van der Waals surface area contributed by atoms with Gasteiger partial charge in [0.1, 0.15) is 5.54 Å². The maximum Gasteiger partial charge on any atom is 0.412 e. The van der Waals surface area contributed by atoms with E-state index >= 15 is 0 Å². The van der Waals surface area contributed by atoms with Crippen molar-refractivity contribution >= 4 is 28.5 Å². The van der Waals surface area contributed by atoms with Crippen LogP contribution in [0.2, 0.25) is 0 Å². The molecule has 0 unspecified atom stereocenters. The van der Waals surface area contributed by atoms with Crippen LogP contribution in [0.1, 0.15) is 44.9 Å². The maximum absolute atomic E-state index is 13.4. The zero-order chi connectivity index (χ0) is 22.6. The van der Waals surface area contributed by atoms with E-state index in [9.17, 15) is 14.9 Å². The number of piperidine rings is 1. The van der Waals surface area contributed by atoms with Crippen LogP contribution in [-0.4, -0.2) is 48.2 Å². The van der Waals surface area contributed by atoms with E-state index < -0.39 is 17.2 Å². The second-order valence-electron chi connectivity index (χ2n) is 9.08. The van der Waals surface area contributed by atoms with E-state index in [1.807, 2.05) is 49.5 Å². The van der Waals surface area contributed by atoms with Gasteiger partial charge >= 0.3 is 6.09 Å². The predicted molar refractivity (Wildman–Crippen MR) is 123 cm³/mol. The van der Waals surface area contributed by atoms with Crippen molar-refractivity contribution in [1.29, 1.82) is 5.26 Å². The van der Waals surface area contributed by atoms with Crippen molar-refractivity contribution in [3.8, 4) is 6.07 Å². The molecule has 7 nitrogen and oxygen atoms in total. The Hall–Kier alpha value is -3.11. The lowest BCUT2D eigenvalue weighted by molar-refractivity contribution is -0.144. The summed E-state index contributed by atoms with van der Waals surface area (Å²) in [6, 6.07) is 15.9. The molecule has 7 heteroatoms. The van der Waals surface area contributed by atoms with E-state index in [0.717, 1.165) is 43.1 Å². The second kappa shape index (κ2) is 9.17. The van der Waals surface area contributed by atoms with E-state index in [0.29, 0.717) is 31.4 Å². The Morgan fingerprint density at radius 1 is 1.00 bits per heavy atom. The van der Waals surface area contributed by atoms with E-state index in [4.69, 9.17) is 4.74 Å². The fourth-order valence-corrected chi connectivity index (χ4v) is 4.68. The molecular formula is C25H30N4O3. The SMILES string of the molecule is CN1CCC(C#N)(NC(=O)C2(OC(=O)Nc3ccc4ccccc4c3)CCCCC2)CC1. The number of anilines is 1. The zero-order valence-corrected chi connectivity index (χ0v) is 18.5. The molecule has 0 spiro atoms. The van der Waals surface area contributed by atoms with Crippen molar-refractivity contribution in [2.24, 2.45) is 0 Å². The Labute approximate surface area is 188 Å². The molecule has 32 heavy (non-hydrogen) atoms. The Bertz CT molecular complexity index is 1030. The highest BCUT2D eigenvalue weighted by Gasteiger charge is 2.47. The molecule has 2 N–H and O–H groups in total. The highest BCUT2D eigenvalue weighted by atomic mass is 16.6. The van der Waals surface area contributed by atoms with Crippen molar-refractivity contribution in [3.63, 3.8) is 0 Å². The van der Waals surface area contributed by atoms with Crippen LogP contribution < -0.4 is 10.6 Å². The predicted octanol–water partition coefficient (Wildman–Crippen LogP) is 4.20. The number of carbonyl (C=O) groups is 2. The van der Waals surface area contributed by atoms with Gasteiger partial charge in [-0.05, 0) is 68.5 Å². The molecule has 0 aromatic heterocycles. The maximum atomic E-state index is 13.4. The molecule has 0 radical (unpaired) electrons. The third-order valence-corrected chi connectivity index (χ3v) is 6.77. The van der Waals surface area contributed by atoms with E-state index in [1.54, 1.807) is 0 Å². The fraction of sp³-hybridized carbons (Fsp3) is 0.480. The molecule has 1 aliphatic heterocycles. The standard InChI is InChI=1S/C25H30N4O3/c1-29-15-13-24(18-26,14-16-29)28-22(30)25(11-5-2-6-12-25)32-23(31)27-21-10-9-19-7-3-4-8-20(19)17-21/h3-4,7-10,17H,2,5-6,11-16H2,1H3,(H,27,31)(H,28,30). The van der Waals surface area contributed by atoms with Gasteiger partial charge in [0.2, 0.25) is 0 Å². The topological polar surface area (TPSA) is 94.5 Å². The van der Waals surface area contributed by atoms with Gasteiger partial charge in [0, 0.05) is 18.8 Å². The van der Waals surface area contributed by atoms with Crippen molar-refractivity contribution in [1.82, 2.24) is 10.2 Å². The van der Waals surface area contributed by atoms with Crippen LogP contribution >= 0.6 is 0 Å². The molecule has 1 heterocycles. The van der Waals surface area contributed by atoms with E-state index in [2.05, 4.69) is 21.6 Å². The number of hydrogen-bond donors (Lipinski definition) is 2. The van der Waals surface area contributed by atoms with Gasteiger partial charge in [0.25, 0.3) is 5.91 Å². The van der Waals surface area contributed by atoms with Crippen LogP contribution in [-0.2, 0) is 9.53 Å². The molecule has 2 aliphatic rings. The van der Waals surface area contributed by atoms with Crippen LogP contribution in [0.3, 0.4) is 0 Å². The number of rotatable bonds is 4. The van der Waals surface area contributed by atoms with Gasteiger partial charge in [0.05, 0.1) is 6.07 Å². The average Bonchev–Trinajstić information content (AvgIpc) is 2.81. The van der Waals surface area contributed by atoms with Crippen LogP contribution in [0.15, 0.2) is 42.5 Å². The Balaban J connectivity index is 1.48. The van der Waals surface area contributed by atoms with Gasteiger partial charge in [-0.15, -0.1) is 0 Å². The first kappa shape index (κ1) is 22.1. The van der Waals surface area contributed by atoms with Gasteiger partial charge in [0.15, 0.2) is 5.60 Å². The van der Waals surface area contributed by atoms with Crippen molar-refractivity contribution < 1.29 is 14.3 Å². The lowest BCUT2D eigenvalue weighted by Crippen LogP contribution is -2.61. The number of nitriles is 1. The molecule has 2 aromatic rings. The molecule has 1 aliphatic carbocycles. The molecule has 1 saturated carbocycles. The number of carbonyl (C=O) groups excluding carboxylic acids is 2. The molecule has 2 aromatic carbocycles. The molecule has 2 fully saturated rings. The van der Waals surface area contributed by atoms with Crippen LogP contribution in [0.4, 0.5) is 10.5 Å². The van der Waals surface area contributed by atoms with E-state index in [1.165, 1.54) is 0 Å². The van der Waals surface area contributed by atoms with Crippen molar-refractivity contribution in [3.05, 3.63) is 42.5 Å². The summed E-state index contributed by atoms with van der Waals surface area (Å²) < 4.78 is 5.83. The monoisotopic (exact) mass is 434 g/mol. The Kier molecular flexibility index (Phi) is 6.33. The first-order chi connectivity index (χ1) is 15.4. The zero-order valence-electron chi connectivity index (χ0n) is 18.5. The third-order valence-electron chi connectivity index (χ3n) is 6.77. The summed E-state index contributed by atoms with van der Waals surface area (Å²) in [4.78, 5) is 28.4. The Morgan fingerprint density at radius 3 is 2.38 bits per heavy atom. The minimum absolute atomic E-state index is 0.350. The summed E-state index contributed by atoms with van der Waals surface area (Å²) in [5, 5.41) is 17.7. The van der Waals surface area contributed by atoms with Gasteiger partial charge < -0.3 is 15.0 Å². The minimum atomic E-state index is -1.24. The fourth-order valence-electron chi connectivity index (χ4n) is 4.68. The van der Waals surface area contributed by atoms with Crippen LogP contribution in [0.25, 0.3) is 10.8 Å². The molecule has 1 saturated heterocycles. The summed E-state index contributed by atoms with van der Waals surface area (Å²) in [7, 11) is 2.01. The number of likely N-dealkylation sites (tertiary alicyclic amines) is 1. The number of fused-ring (bicyclic) bond motifs is 1. The average molecular weight is 435 g/mol. The van der Waals surface area contributed by atoms with Crippen LogP contribution in [0, 0.1) is 11.3 Å². The number of benzene rings is 2. The highest BCUT2D eigenvalue weighted by Crippen LogP contribution is 2.34. The number of hydrogen-bond acceptors (Lipinski definition) is 5. The molecule has 168 valence electrons. The Morgan fingerprint density at radius 2 is 1.69 bits per heavy atom. The van der Waals surface area contributed by atoms with Gasteiger partial charge in [-0.2, -0.15) is 5.26 Å². The number of nitrogens with zero attached hydrogens (tertiary/aromatic N) is 2. The van der Waals surface area contributed by atoms with Gasteiger partial charge in [-0.25, -0.2) is 4.79 Å². The van der Waals surface area contributed by atoms with Crippen molar-refractivity contribution in [2.75, 3.05) is 25.5 Å². The number of ether oxygens (including phenoxy) is 1. The summed E-state index contributed by atoms with van der Waals surface area (Å²) in [5.41, 5.74) is -1.54. The summed E-state index contributed by atoms with van der Waals surface area (Å²) in [6.45, 7) is 1.48. The summed E-state index contributed by atoms with van der Waals surface area (Å²) in [5.74, 6) is -0.350. The normalized spacial score (nSPS) is 20.1. The summed E-state index contributed by atoms with van der Waals surface area (Å²) in [6.07, 6.45) is 4.01. The third kappa shape index (κ3) is 4.71. The van der Waals surface area contributed by atoms with Crippen LogP contribution in [0.5, 0.6) is 0 Å². The molecular weight excluding hydrogens is 404 g/mol. The quantitative estimate of drug-likeness (QED) is 0.752. The highest BCUT2D eigenvalue weighted by molar-refractivity contribution is 5.94. The van der Waals surface area contributed by atoms with Gasteiger partial charge in [-0.3, -0.25) is 10.1 Å².